The van der Waals surface area contributed by atoms with Gasteiger partial charge in [-0.15, -0.1) is 0 Å². The van der Waals surface area contributed by atoms with Crippen LogP contribution in [0.5, 0.6) is 0 Å². The molecule has 0 atom stereocenters. The zero-order valence-corrected chi connectivity index (χ0v) is 11.0. The Labute approximate surface area is 103 Å². The van der Waals surface area contributed by atoms with Crippen molar-refractivity contribution in [1.82, 2.24) is 0 Å². The fraction of sp³-hybridized carbons (Fsp3) is 0.500. The van der Waals surface area contributed by atoms with Crippen molar-refractivity contribution in [3.8, 4) is 0 Å². The molecule has 0 aliphatic heterocycles. The highest BCUT2D eigenvalue weighted by Crippen LogP contribution is 2.11. The van der Waals surface area contributed by atoms with Crippen LogP contribution in [0.15, 0.2) is 24.3 Å². The Bertz CT molecular complexity index is 316. The number of thioether (sulfide) groups is 1. The second kappa shape index (κ2) is 7.50. The fourth-order valence-electron chi connectivity index (χ4n) is 1.44. The minimum absolute atomic E-state index is 0.251. The Morgan fingerprint density at radius 3 is 2.50 bits per heavy atom. The van der Waals surface area contributed by atoms with Crippen LogP contribution < -0.4 is 0 Å². The van der Waals surface area contributed by atoms with Gasteiger partial charge < -0.3 is 0 Å². The Hall–Kier alpha value is -0.760. The standard InChI is InChI=1S/C14H20OS/c1-3-4-5-10-16-11-14(15)13-8-6-12(2)7-9-13/h6-9H,3-5,10-11H2,1-2H3. The van der Waals surface area contributed by atoms with Gasteiger partial charge >= 0.3 is 0 Å². The van der Waals surface area contributed by atoms with Gasteiger partial charge in [0.2, 0.25) is 0 Å². The first kappa shape index (κ1) is 13.3. The molecule has 2 heteroatoms. The van der Waals surface area contributed by atoms with Gasteiger partial charge in [0.1, 0.15) is 0 Å². The molecule has 88 valence electrons. The predicted molar refractivity (Wildman–Crippen MR) is 72.4 cm³/mol. The van der Waals surface area contributed by atoms with Gasteiger partial charge in [-0.1, -0.05) is 49.6 Å². The summed E-state index contributed by atoms with van der Waals surface area (Å²) in [6.45, 7) is 4.23. The summed E-state index contributed by atoms with van der Waals surface area (Å²) in [5.74, 6) is 1.97. The largest absolute Gasteiger partial charge is 0.293 e. The number of Topliss-reactive ketones (excluding diaryl/α,β-unsaturated/α-hetero) is 1. The highest BCUT2D eigenvalue weighted by molar-refractivity contribution is 7.99. The Morgan fingerprint density at radius 2 is 1.88 bits per heavy atom. The molecule has 0 N–H and O–H groups in total. The molecule has 0 heterocycles. The maximum atomic E-state index is 11.8. The number of hydrogen-bond donors (Lipinski definition) is 0. The van der Waals surface area contributed by atoms with Crippen LogP contribution in [-0.4, -0.2) is 17.3 Å². The van der Waals surface area contributed by atoms with E-state index in [1.54, 1.807) is 11.8 Å². The van der Waals surface area contributed by atoms with Crippen molar-refractivity contribution >= 4 is 17.5 Å². The summed E-state index contributed by atoms with van der Waals surface area (Å²) in [7, 11) is 0. The van der Waals surface area contributed by atoms with Crippen LogP contribution in [0, 0.1) is 6.92 Å². The summed E-state index contributed by atoms with van der Waals surface area (Å²) >= 11 is 1.75. The maximum Gasteiger partial charge on any atom is 0.172 e. The summed E-state index contributed by atoms with van der Waals surface area (Å²) < 4.78 is 0. The van der Waals surface area contributed by atoms with Gasteiger partial charge in [-0.25, -0.2) is 0 Å². The number of carbonyl (C=O) groups is 1. The monoisotopic (exact) mass is 236 g/mol. The van der Waals surface area contributed by atoms with E-state index in [2.05, 4.69) is 6.92 Å². The number of ketones is 1. The zero-order chi connectivity index (χ0) is 11.8. The molecule has 0 amide bonds. The van der Waals surface area contributed by atoms with E-state index >= 15 is 0 Å². The minimum Gasteiger partial charge on any atom is -0.293 e. The van der Waals surface area contributed by atoms with Crippen LogP contribution in [0.4, 0.5) is 0 Å². The van der Waals surface area contributed by atoms with E-state index in [-0.39, 0.29) is 5.78 Å². The molecule has 0 aliphatic rings. The van der Waals surface area contributed by atoms with E-state index in [0.29, 0.717) is 5.75 Å². The number of carbonyl (C=O) groups excluding carboxylic acids is 1. The molecular weight excluding hydrogens is 216 g/mol. The molecule has 16 heavy (non-hydrogen) atoms. The highest BCUT2D eigenvalue weighted by atomic mass is 32.2. The lowest BCUT2D eigenvalue weighted by Gasteiger charge is -2.02. The molecule has 0 saturated carbocycles. The summed E-state index contributed by atoms with van der Waals surface area (Å²) in [5.41, 5.74) is 2.04. The normalized spacial score (nSPS) is 10.4. The average Bonchev–Trinajstić information content (AvgIpc) is 2.29. The molecular formula is C14H20OS. The second-order valence-electron chi connectivity index (χ2n) is 4.05. The van der Waals surface area contributed by atoms with Crippen LogP contribution in [-0.2, 0) is 0 Å². The van der Waals surface area contributed by atoms with Gasteiger partial charge in [0.05, 0.1) is 5.75 Å². The number of rotatable bonds is 7. The van der Waals surface area contributed by atoms with Crippen LogP contribution in [0.2, 0.25) is 0 Å². The Balaban J connectivity index is 2.27. The topological polar surface area (TPSA) is 17.1 Å². The molecule has 0 fully saturated rings. The molecule has 1 aromatic carbocycles. The van der Waals surface area contributed by atoms with Crippen molar-refractivity contribution < 1.29 is 4.79 Å². The van der Waals surface area contributed by atoms with Crippen LogP contribution in [0.3, 0.4) is 0 Å². The minimum atomic E-state index is 0.251. The SMILES string of the molecule is CCCCCSCC(=O)c1ccc(C)cc1. The van der Waals surface area contributed by atoms with Crippen LogP contribution >= 0.6 is 11.8 Å². The third-order valence-corrected chi connectivity index (χ3v) is 3.54. The molecule has 0 bridgehead atoms. The average molecular weight is 236 g/mol. The van der Waals surface area contributed by atoms with Crippen molar-refractivity contribution in [1.29, 1.82) is 0 Å². The maximum absolute atomic E-state index is 11.8. The van der Waals surface area contributed by atoms with E-state index in [1.165, 1.54) is 24.8 Å². The highest BCUT2D eigenvalue weighted by Gasteiger charge is 2.04. The first-order valence-corrected chi connectivity index (χ1v) is 7.07. The number of unbranched alkanes of at least 4 members (excludes halogenated alkanes) is 2. The summed E-state index contributed by atoms with van der Waals surface area (Å²) in [5, 5.41) is 0. The number of aryl methyl sites for hydroxylation is 1. The van der Waals surface area contributed by atoms with Crippen molar-refractivity contribution in [3.63, 3.8) is 0 Å². The summed E-state index contributed by atoms with van der Waals surface area (Å²) in [6.07, 6.45) is 3.74. The van der Waals surface area contributed by atoms with E-state index in [9.17, 15) is 4.79 Å². The molecule has 0 saturated heterocycles. The lowest BCUT2D eigenvalue weighted by atomic mass is 10.1. The van der Waals surface area contributed by atoms with Crippen molar-refractivity contribution in [2.24, 2.45) is 0 Å². The lowest BCUT2D eigenvalue weighted by Crippen LogP contribution is -2.02. The van der Waals surface area contributed by atoms with Crippen molar-refractivity contribution in [3.05, 3.63) is 35.4 Å². The third-order valence-electron chi connectivity index (χ3n) is 2.50. The fourth-order valence-corrected chi connectivity index (χ4v) is 2.35. The van der Waals surface area contributed by atoms with Gasteiger partial charge in [-0.05, 0) is 19.1 Å². The van der Waals surface area contributed by atoms with Gasteiger partial charge in [0, 0.05) is 5.56 Å². The quantitative estimate of drug-likeness (QED) is 0.523. The predicted octanol–water partition coefficient (Wildman–Crippen LogP) is 4.10. The van der Waals surface area contributed by atoms with E-state index in [4.69, 9.17) is 0 Å². The van der Waals surface area contributed by atoms with E-state index in [0.717, 1.165) is 11.3 Å². The molecule has 0 aliphatic carbocycles. The molecule has 0 spiro atoms. The van der Waals surface area contributed by atoms with Crippen molar-refractivity contribution in [2.75, 3.05) is 11.5 Å². The van der Waals surface area contributed by atoms with Crippen molar-refractivity contribution in [2.45, 2.75) is 33.1 Å². The van der Waals surface area contributed by atoms with Crippen LogP contribution in [0.25, 0.3) is 0 Å². The number of hydrogen-bond acceptors (Lipinski definition) is 2. The van der Waals surface area contributed by atoms with Gasteiger partial charge in [-0.2, -0.15) is 11.8 Å². The molecule has 1 rings (SSSR count). The first-order chi connectivity index (χ1) is 7.74. The zero-order valence-electron chi connectivity index (χ0n) is 10.2. The van der Waals surface area contributed by atoms with E-state index < -0.39 is 0 Å². The van der Waals surface area contributed by atoms with E-state index in [1.807, 2.05) is 31.2 Å². The smallest absolute Gasteiger partial charge is 0.172 e. The van der Waals surface area contributed by atoms with Gasteiger partial charge in [0.25, 0.3) is 0 Å². The molecule has 0 aromatic heterocycles. The van der Waals surface area contributed by atoms with Crippen LogP contribution in [0.1, 0.15) is 42.1 Å². The summed E-state index contributed by atoms with van der Waals surface area (Å²) in [6, 6.07) is 7.83. The van der Waals surface area contributed by atoms with Gasteiger partial charge in [0.15, 0.2) is 5.78 Å². The molecule has 1 aromatic rings. The first-order valence-electron chi connectivity index (χ1n) is 5.91. The molecule has 0 unspecified atom stereocenters. The Morgan fingerprint density at radius 1 is 1.19 bits per heavy atom. The Kier molecular flexibility index (Phi) is 6.24. The van der Waals surface area contributed by atoms with Gasteiger partial charge in [-0.3, -0.25) is 4.79 Å². The number of benzene rings is 1. The molecule has 1 nitrogen and oxygen atoms in total. The summed E-state index contributed by atoms with van der Waals surface area (Å²) in [4.78, 5) is 11.8. The lowest BCUT2D eigenvalue weighted by molar-refractivity contribution is 0.102. The third kappa shape index (κ3) is 4.84. The molecule has 0 radical (unpaired) electrons. The second-order valence-corrected chi connectivity index (χ2v) is 5.15.